The zero-order chi connectivity index (χ0) is 28.6. The number of nitrogens with one attached hydrogen (secondary N) is 1. The van der Waals surface area contributed by atoms with Crippen molar-refractivity contribution in [1.82, 2.24) is 10.2 Å². The molecule has 2 amide bonds. The summed E-state index contributed by atoms with van der Waals surface area (Å²) in [4.78, 5) is 28.6. The molecule has 0 spiro atoms. The van der Waals surface area contributed by atoms with Crippen molar-refractivity contribution < 1.29 is 22.7 Å². The van der Waals surface area contributed by atoms with Crippen LogP contribution in [0.15, 0.2) is 83.8 Å². The summed E-state index contributed by atoms with van der Waals surface area (Å²) < 4.78 is 33.8. The molecule has 0 radical (unpaired) electrons. The summed E-state index contributed by atoms with van der Waals surface area (Å²) in [5.74, 6) is -0.208. The van der Waals surface area contributed by atoms with Crippen LogP contribution in [0.4, 0.5) is 5.69 Å². The van der Waals surface area contributed by atoms with E-state index in [0.717, 1.165) is 9.87 Å². The van der Waals surface area contributed by atoms with Crippen molar-refractivity contribution in [3.63, 3.8) is 0 Å². The van der Waals surface area contributed by atoms with Crippen LogP contribution in [0.25, 0.3) is 0 Å². The van der Waals surface area contributed by atoms with Gasteiger partial charge < -0.3 is 15.0 Å². The first-order valence-electron chi connectivity index (χ1n) is 12.6. The summed E-state index contributed by atoms with van der Waals surface area (Å²) in [6, 6.07) is 20.5. The Labute approximate surface area is 235 Å². The topological polar surface area (TPSA) is 96.0 Å². The number of para-hydroxylation sites is 1. The quantitative estimate of drug-likeness (QED) is 0.334. The van der Waals surface area contributed by atoms with E-state index in [1.807, 2.05) is 20.8 Å². The van der Waals surface area contributed by atoms with E-state index in [2.05, 4.69) is 5.32 Å². The summed E-state index contributed by atoms with van der Waals surface area (Å²) in [5.41, 5.74) is 0.926. The van der Waals surface area contributed by atoms with Gasteiger partial charge in [0.15, 0.2) is 0 Å². The van der Waals surface area contributed by atoms with E-state index in [9.17, 15) is 18.0 Å². The number of benzene rings is 3. The van der Waals surface area contributed by atoms with Crippen molar-refractivity contribution in [2.45, 2.75) is 50.7 Å². The van der Waals surface area contributed by atoms with Gasteiger partial charge in [0.05, 0.1) is 22.7 Å². The van der Waals surface area contributed by atoms with Crippen LogP contribution in [0.3, 0.4) is 0 Å². The second-order valence-electron chi connectivity index (χ2n) is 9.23. The zero-order valence-electron chi connectivity index (χ0n) is 22.5. The lowest BCUT2D eigenvalue weighted by atomic mass is 10.1. The summed E-state index contributed by atoms with van der Waals surface area (Å²) in [7, 11) is -2.61. The molecule has 3 aromatic carbocycles. The molecule has 0 aliphatic rings. The van der Waals surface area contributed by atoms with E-state index in [4.69, 9.17) is 16.3 Å². The first-order valence-corrected chi connectivity index (χ1v) is 14.4. The van der Waals surface area contributed by atoms with E-state index in [1.54, 1.807) is 73.8 Å². The fourth-order valence-corrected chi connectivity index (χ4v) is 5.86. The van der Waals surface area contributed by atoms with Gasteiger partial charge >= 0.3 is 0 Å². The van der Waals surface area contributed by atoms with Crippen LogP contribution in [-0.4, -0.2) is 50.9 Å². The third-order valence-electron chi connectivity index (χ3n) is 6.06. The van der Waals surface area contributed by atoms with Crippen molar-refractivity contribution >= 4 is 39.1 Å². The number of halogens is 1. The fraction of sp³-hybridized carbons (Fsp3) is 0.310. The molecular formula is C29H34ClN3O5S. The molecule has 0 bridgehead atoms. The number of methoxy groups -OCH3 is 1. The Balaban J connectivity index is 2.05. The average molecular weight is 572 g/mol. The van der Waals surface area contributed by atoms with Crippen LogP contribution >= 0.6 is 11.6 Å². The van der Waals surface area contributed by atoms with E-state index in [1.165, 1.54) is 17.0 Å². The molecule has 0 fully saturated rings. The van der Waals surface area contributed by atoms with Gasteiger partial charge in [-0.2, -0.15) is 0 Å². The predicted octanol–water partition coefficient (Wildman–Crippen LogP) is 4.88. The van der Waals surface area contributed by atoms with Gasteiger partial charge in [-0.25, -0.2) is 8.42 Å². The van der Waals surface area contributed by atoms with Gasteiger partial charge in [-0.3, -0.25) is 13.9 Å². The number of hydrogen-bond donors (Lipinski definition) is 1. The number of amides is 2. The number of hydrogen-bond acceptors (Lipinski definition) is 5. The average Bonchev–Trinajstić information content (AvgIpc) is 2.92. The summed E-state index contributed by atoms with van der Waals surface area (Å²) in [6.45, 7) is 5.03. The Hall–Kier alpha value is -3.56. The highest BCUT2D eigenvalue weighted by Gasteiger charge is 2.34. The van der Waals surface area contributed by atoms with E-state index >= 15 is 0 Å². The maximum atomic E-state index is 14.0. The highest BCUT2D eigenvalue weighted by molar-refractivity contribution is 7.92. The van der Waals surface area contributed by atoms with Crippen LogP contribution in [0.1, 0.15) is 32.8 Å². The molecule has 0 aliphatic carbocycles. The van der Waals surface area contributed by atoms with E-state index < -0.39 is 28.5 Å². The number of carbonyl (C=O) groups is 2. The SMILES string of the molecule is CCC(C(=O)NC(C)C)N(Cc1ccc(OC)cc1)C(=O)CN(c1ccccc1Cl)S(=O)(=O)c1ccccc1. The molecule has 1 unspecified atom stereocenters. The van der Waals surface area contributed by atoms with Crippen molar-refractivity contribution in [3.05, 3.63) is 89.4 Å². The monoisotopic (exact) mass is 571 g/mol. The Kier molecular flexibility index (Phi) is 10.4. The summed E-state index contributed by atoms with van der Waals surface area (Å²) in [5, 5.41) is 3.05. The molecule has 10 heteroatoms. The number of anilines is 1. The van der Waals surface area contributed by atoms with E-state index in [0.29, 0.717) is 12.2 Å². The van der Waals surface area contributed by atoms with Crippen LogP contribution < -0.4 is 14.4 Å². The molecule has 3 aromatic rings. The molecule has 8 nitrogen and oxygen atoms in total. The van der Waals surface area contributed by atoms with Crippen LogP contribution in [-0.2, 0) is 26.2 Å². The molecule has 0 heterocycles. The van der Waals surface area contributed by atoms with Gasteiger partial charge in [-0.1, -0.05) is 61.0 Å². The highest BCUT2D eigenvalue weighted by atomic mass is 35.5. The van der Waals surface area contributed by atoms with Crippen molar-refractivity contribution in [2.24, 2.45) is 0 Å². The van der Waals surface area contributed by atoms with Crippen LogP contribution in [0.5, 0.6) is 5.75 Å². The molecule has 1 atom stereocenters. The number of rotatable bonds is 12. The lowest BCUT2D eigenvalue weighted by Crippen LogP contribution is -2.53. The minimum Gasteiger partial charge on any atom is -0.497 e. The summed E-state index contributed by atoms with van der Waals surface area (Å²) >= 11 is 6.42. The molecule has 208 valence electrons. The van der Waals surface area contributed by atoms with Gasteiger partial charge in [-0.15, -0.1) is 0 Å². The zero-order valence-corrected chi connectivity index (χ0v) is 24.1. The van der Waals surface area contributed by atoms with Gasteiger partial charge in [0.2, 0.25) is 11.8 Å². The lowest BCUT2D eigenvalue weighted by Gasteiger charge is -2.33. The molecular weight excluding hydrogens is 538 g/mol. The Bertz CT molecular complexity index is 1370. The second-order valence-corrected chi connectivity index (χ2v) is 11.5. The van der Waals surface area contributed by atoms with E-state index in [-0.39, 0.29) is 34.1 Å². The van der Waals surface area contributed by atoms with Gasteiger partial charge in [0.1, 0.15) is 18.3 Å². The van der Waals surface area contributed by atoms with Crippen LogP contribution in [0, 0.1) is 0 Å². The molecule has 3 rings (SSSR count). The number of carbonyl (C=O) groups excluding carboxylic acids is 2. The minimum absolute atomic E-state index is 0.0176. The Morgan fingerprint density at radius 2 is 1.56 bits per heavy atom. The third-order valence-corrected chi connectivity index (χ3v) is 8.15. The largest absolute Gasteiger partial charge is 0.497 e. The predicted molar refractivity (Wildman–Crippen MR) is 153 cm³/mol. The van der Waals surface area contributed by atoms with Gasteiger partial charge in [0.25, 0.3) is 10.0 Å². The fourth-order valence-electron chi connectivity index (χ4n) is 4.11. The smallest absolute Gasteiger partial charge is 0.264 e. The molecule has 0 saturated carbocycles. The Morgan fingerprint density at radius 1 is 0.949 bits per heavy atom. The molecule has 1 N–H and O–H groups in total. The van der Waals surface area contributed by atoms with Gasteiger partial charge in [0, 0.05) is 12.6 Å². The lowest BCUT2D eigenvalue weighted by molar-refractivity contribution is -0.140. The Morgan fingerprint density at radius 3 is 2.13 bits per heavy atom. The second kappa shape index (κ2) is 13.5. The molecule has 39 heavy (non-hydrogen) atoms. The number of nitrogens with zero attached hydrogens (tertiary/aromatic N) is 2. The first kappa shape index (κ1) is 30.0. The standard InChI is InChI=1S/C29H34ClN3O5S/c1-5-26(29(35)31-21(2)3)32(19-22-15-17-23(38-4)18-16-22)28(34)20-33(27-14-10-9-13-25(27)30)39(36,37)24-11-7-6-8-12-24/h6-18,21,26H,5,19-20H2,1-4H3,(H,31,35). The van der Waals surface area contributed by atoms with Crippen molar-refractivity contribution in [2.75, 3.05) is 18.0 Å². The van der Waals surface area contributed by atoms with Crippen LogP contribution in [0.2, 0.25) is 5.02 Å². The first-order chi connectivity index (χ1) is 18.6. The van der Waals surface area contributed by atoms with Crippen molar-refractivity contribution in [1.29, 1.82) is 0 Å². The maximum Gasteiger partial charge on any atom is 0.264 e. The molecule has 0 saturated heterocycles. The minimum atomic E-state index is -4.17. The third kappa shape index (κ3) is 7.52. The number of sulfonamides is 1. The van der Waals surface area contributed by atoms with Gasteiger partial charge in [-0.05, 0) is 62.2 Å². The molecule has 0 aliphatic heterocycles. The number of ether oxygens (including phenoxy) is 1. The van der Waals surface area contributed by atoms with Crippen molar-refractivity contribution in [3.8, 4) is 5.75 Å². The normalized spacial score (nSPS) is 12.1. The highest BCUT2D eigenvalue weighted by Crippen LogP contribution is 2.31. The summed E-state index contributed by atoms with van der Waals surface area (Å²) in [6.07, 6.45) is 0.331. The maximum absolute atomic E-state index is 14.0. The molecule has 0 aromatic heterocycles.